The first kappa shape index (κ1) is 12.0. The minimum atomic E-state index is -0.0556. The SMILES string of the molecule is Cc1nn(C)c(C)c1C(=O)c1c(Br)cnn1C. The Hall–Kier alpha value is -1.43. The number of halogens is 1. The number of carbonyl (C=O) groups is 1. The topological polar surface area (TPSA) is 52.7 Å². The summed E-state index contributed by atoms with van der Waals surface area (Å²) in [6.45, 7) is 3.72. The number of nitrogens with zero attached hydrogens (tertiary/aromatic N) is 4. The van der Waals surface area contributed by atoms with Crippen molar-refractivity contribution in [2.45, 2.75) is 13.8 Å². The Morgan fingerprint density at radius 2 is 1.94 bits per heavy atom. The number of hydrogen-bond acceptors (Lipinski definition) is 3. The van der Waals surface area contributed by atoms with Gasteiger partial charge in [0.25, 0.3) is 0 Å². The van der Waals surface area contributed by atoms with E-state index in [0.717, 1.165) is 11.4 Å². The van der Waals surface area contributed by atoms with Gasteiger partial charge in [0, 0.05) is 19.8 Å². The molecule has 0 amide bonds. The Kier molecular flexibility index (Phi) is 2.91. The van der Waals surface area contributed by atoms with E-state index in [4.69, 9.17) is 0 Å². The fourth-order valence-electron chi connectivity index (χ4n) is 1.89. The van der Waals surface area contributed by atoms with Gasteiger partial charge in [-0.3, -0.25) is 14.2 Å². The number of carbonyl (C=O) groups excluding carboxylic acids is 1. The van der Waals surface area contributed by atoms with Crippen LogP contribution >= 0.6 is 15.9 Å². The molecule has 2 rings (SSSR count). The molecule has 0 aliphatic rings. The number of rotatable bonds is 2. The molecule has 90 valence electrons. The summed E-state index contributed by atoms with van der Waals surface area (Å²) in [7, 11) is 3.58. The van der Waals surface area contributed by atoms with E-state index in [2.05, 4.69) is 26.1 Å². The van der Waals surface area contributed by atoms with Crippen LogP contribution in [0.1, 0.15) is 27.4 Å². The van der Waals surface area contributed by atoms with Crippen LogP contribution in [0.5, 0.6) is 0 Å². The van der Waals surface area contributed by atoms with Gasteiger partial charge in [0.05, 0.1) is 21.9 Å². The molecule has 0 radical (unpaired) electrons. The molecule has 2 heterocycles. The smallest absolute Gasteiger partial charge is 0.215 e. The van der Waals surface area contributed by atoms with Crippen molar-refractivity contribution in [1.29, 1.82) is 0 Å². The van der Waals surface area contributed by atoms with Crippen LogP contribution in [0.2, 0.25) is 0 Å². The molecule has 0 atom stereocenters. The predicted molar refractivity (Wildman–Crippen MR) is 67.0 cm³/mol. The zero-order valence-electron chi connectivity index (χ0n) is 10.2. The van der Waals surface area contributed by atoms with E-state index in [1.165, 1.54) is 0 Å². The van der Waals surface area contributed by atoms with Gasteiger partial charge in [0.15, 0.2) is 0 Å². The highest BCUT2D eigenvalue weighted by Crippen LogP contribution is 2.22. The third-order valence-electron chi connectivity index (χ3n) is 2.85. The summed E-state index contributed by atoms with van der Waals surface area (Å²) in [6.07, 6.45) is 1.62. The molecular weight excluding hydrogens is 284 g/mol. The monoisotopic (exact) mass is 296 g/mol. The Morgan fingerprint density at radius 1 is 1.29 bits per heavy atom. The molecular formula is C11H13BrN4O. The van der Waals surface area contributed by atoms with Crippen LogP contribution in [0.3, 0.4) is 0 Å². The molecule has 0 saturated heterocycles. The Balaban J connectivity index is 2.59. The van der Waals surface area contributed by atoms with E-state index in [0.29, 0.717) is 15.7 Å². The lowest BCUT2D eigenvalue weighted by Gasteiger charge is -2.03. The molecule has 0 aromatic carbocycles. The van der Waals surface area contributed by atoms with Crippen LogP contribution in [0.4, 0.5) is 0 Å². The maximum Gasteiger partial charge on any atom is 0.215 e. The number of aromatic nitrogens is 4. The van der Waals surface area contributed by atoms with Crippen molar-refractivity contribution in [1.82, 2.24) is 19.6 Å². The van der Waals surface area contributed by atoms with Gasteiger partial charge in [-0.15, -0.1) is 0 Å². The molecule has 0 unspecified atom stereocenters. The zero-order valence-corrected chi connectivity index (χ0v) is 11.7. The van der Waals surface area contributed by atoms with Crippen LogP contribution in [-0.2, 0) is 14.1 Å². The summed E-state index contributed by atoms with van der Waals surface area (Å²) in [6, 6.07) is 0. The average molecular weight is 297 g/mol. The van der Waals surface area contributed by atoms with E-state index in [1.54, 1.807) is 22.6 Å². The standard InChI is InChI=1S/C11H13BrN4O/c1-6-9(7(2)15(3)14-6)11(17)10-8(12)5-13-16(10)4/h5H,1-4H3. The van der Waals surface area contributed by atoms with Gasteiger partial charge in [0.1, 0.15) is 5.69 Å². The fraction of sp³-hybridized carbons (Fsp3) is 0.364. The first-order valence-electron chi connectivity index (χ1n) is 5.16. The van der Waals surface area contributed by atoms with E-state index >= 15 is 0 Å². The van der Waals surface area contributed by atoms with E-state index < -0.39 is 0 Å². The van der Waals surface area contributed by atoms with Crippen LogP contribution in [-0.4, -0.2) is 25.3 Å². The first-order valence-corrected chi connectivity index (χ1v) is 5.95. The van der Waals surface area contributed by atoms with Crippen LogP contribution in [0.25, 0.3) is 0 Å². The second kappa shape index (κ2) is 4.10. The van der Waals surface area contributed by atoms with Crippen molar-refractivity contribution in [2.24, 2.45) is 14.1 Å². The molecule has 0 N–H and O–H groups in total. The van der Waals surface area contributed by atoms with Crippen molar-refractivity contribution in [3.05, 3.63) is 33.3 Å². The minimum absolute atomic E-state index is 0.0556. The highest BCUT2D eigenvalue weighted by atomic mass is 79.9. The second-order valence-corrected chi connectivity index (χ2v) is 4.82. The average Bonchev–Trinajstić information content (AvgIpc) is 2.69. The van der Waals surface area contributed by atoms with Gasteiger partial charge >= 0.3 is 0 Å². The Bertz CT molecular complexity index is 577. The lowest BCUT2D eigenvalue weighted by molar-refractivity contribution is 0.102. The third kappa shape index (κ3) is 1.82. The number of ketones is 1. The highest BCUT2D eigenvalue weighted by molar-refractivity contribution is 9.10. The zero-order chi connectivity index (χ0) is 12.7. The normalized spacial score (nSPS) is 10.9. The summed E-state index contributed by atoms with van der Waals surface area (Å²) in [5.41, 5.74) is 2.80. The molecule has 0 spiro atoms. The second-order valence-electron chi connectivity index (χ2n) is 3.96. The van der Waals surface area contributed by atoms with Gasteiger partial charge in [-0.05, 0) is 29.8 Å². The summed E-state index contributed by atoms with van der Waals surface area (Å²) in [5.74, 6) is -0.0556. The van der Waals surface area contributed by atoms with Crippen LogP contribution < -0.4 is 0 Å². The van der Waals surface area contributed by atoms with E-state index in [1.807, 2.05) is 20.9 Å². The van der Waals surface area contributed by atoms with Crippen LogP contribution in [0.15, 0.2) is 10.7 Å². The number of aryl methyl sites for hydroxylation is 3. The first-order chi connectivity index (χ1) is 7.93. The summed E-state index contributed by atoms with van der Waals surface area (Å²) >= 11 is 3.34. The Morgan fingerprint density at radius 3 is 2.35 bits per heavy atom. The quantitative estimate of drug-likeness (QED) is 0.794. The van der Waals surface area contributed by atoms with Gasteiger partial charge in [-0.2, -0.15) is 10.2 Å². The van der Waals surface area contributed by atoms with Gasteiger partial charge in [-0.1, -0.05) is 0 Å². The maximum absolute atomic E-state index is 12.5. The van der Waals surface area contributed by atoms with Gasteiger partial charge in [0.2, 0.25) is 5.78 Å². The van der Waals surface area contributed by atoms with E-state index in [9.17, 15) is 4.79 Å². The lowest BCUT2D eigenvalue weighted by Crippen LogP contribution is -2.11. The van der Waals surface area contributed by atoms with Crippen molar-refractivity contribution in [3.63, 3.8) is 0 Å². The summed E-state index contributed by atoms with van der Waals surface area (Å²) in [4.78, 5) is 12.5. The molecule has 0 fully saturated rings. The Labute approximate surface area is 108 Å². The summed E-state index contributed by atoms with van der Waals surface area (Å²) in [5, 5.41) is 8.30. The molecule has 5 nitrogen and oxygen atoms in total. The van der Waals surface area contributed by atoms with Crippen molar-refractivity contribution in [3.8, 4) is 0 Å². The molecule has 17 heavy (non-hydrogen) atoms. The number of hydrogen-bond donors (Lipinski definition) is 0. The molecule has 0 bridgehead atoms. The van der Waals surface area contributed by atoms with Crippen LogP contribution in [0, 0.1) is 13.8 Å². The van der Waals surface area contributed by atoms with Crippen molar-refractivity contribution < 1.29 is 4.79 Å². The van der Waals surface area contributed by atoms with Gasteiger partial charge < -0.3 is 0 Å². The minimum Gasteiger partial charge on any atom is -0.287 e. The largest absolute Gasteiger partial charge is 0.287 e. The molecule has 0 aliphatic heterocycles. The lowest BCUT2D eigenvalue weighted by atomic mass is 10.1. The summed E-state index contributed by atoms with van der Waals surface area (Å²) < 4.78 is 3.98. The molecule has 2 aromatic rings. The molecule has 0 saturated carbocycles. The maximum atomic E-state index is 12.5. The molecule has 6 heteroatoms. The fourth-order valence-corrected chi connectivity index (χ4v) is 2.42. The third-order valence-corrected chi connectivity index (χ3v) is 3.43. The molecule has 2 aromatic heterocycles. The highest BCUT2D eigenvalue weighted by Gasteiger charge is 2.23. The van der Waals surface area contributed by atoms with Crippen molar-refractivity contribution >= 4 is 21.7 Å². The van der Waals surface area contributed by atoms with E-state index in [-0.39, 0.29) is 5.78 Å². The predicted octanol–water partition coefficient (Wildman–Crippen LogP) is 1.76. The van der Waals surface area contributed by atoms with Crippen molar-refractivity contribution in [2.75, 3.05) is 0 Å². The van der Waals surface area contributed by atoms with Gasteiger partial charge in [-0.25, -0.2) is 0 Å². The molecule has 0 aliphatic carbocycles.